The molecule has 2 saturated carbocycles. The van der Waals surface area contributed by atoms with Gasteiger partial charge in [-0.1, -0.05) is 5.11 Å². The smallest absolute Gasteiger partial charge is 0.410 e. The fraction of sp³-hybridized carbons (Fsp3) is 0.882. The van der Waals surface area contributed by atoms with Gasteiger partial charge in [-0.15, -0.1) is 0 Å². The molecule has 0 bridgehead atoms. The molecule has 0 radical (unpaired) electrons. The van der Waals surface area contributed by atoms with E-state index in [1.165, 1.54) is 7.11 Å². The minimum atomic E-state index is -0.566. The Hall–Kier alpha value is -1.95. The first kappa shape index (κ1) is 19.4. The summed E-state index contributed by atoms with van der Waals surface area (Å²) < 4.78 is 10.4. The van der Waals surface area contributed by atoms with E-state index in [1.807, 2.05) is 25.7 Å². The average molecular weight is 352 g/mol. The molecule has 0 N–H and O–H groups in total. The molecule has 0 aliphatic heterocycles. The molecule has 25 heavy (non-hydrogen) atoms. The largest absolute Gasteiger partial charge is 0.469 e. The lowest BCUT2D eigenvalue weighted by molar-refractivity contribution is -0.151. The Morgan fingerprint density at radius 1 is 1.12 bits per heavy atom. The Morgan fingerprint density at radius 3 is 2.20 bits per heavy atom. The minimum absolute atomic E-state index is 0.0000296. The van der Waals surface area contributed by atoms with Crippen LogP contribution >= 0.6 is 0 Å². The van der Waals surface area contributed by atoms with Gasteiger partial charge in [0.05, 0.1) is 13.0 Å². The zero-order valence-corrected chi connectivity index (χ0v) is 15.5. The van der Waals surface area contributed by atoms with Crippen molar-refractivity contribution in [1.29, 1.82) is 0 Å². The molecule has 2 rings (SSSR count). The first-order valence-electron chi connectivity index (χ1n) is 8.88. The fourth-order valence-corrected chi connectivity index (χ4v) is 3.61. The van der Waals surface area contributed by atoms with Crippen LogP contribution in [-0.4, -0.2) is 47.8 Å². The third-order valence-corrected chi connectivity index (χ3v) is 4.92. The summed E-state index contributed by atoms with van der Waals surface area (Å²) in [6.07, 6.45) is 3.99. The molecule has 8 nitrogen and oxygen atoms in total. The molecule has 0 atom stereocenters. The number of hydrogen-bond donors (Lipinski definition) is 0. The SMILES string of the molecule is COC(=O)C1CC(N(C(=O)OC(C)(C)C)C2CCC(N=[N+]=[N-])CC2)C1. The van der Waals surface area contributed by atoms with E-state index in [0.29, 0.717) is 12.8 Å². The number of hydrogen-bond acceptors (Lipinski definition) is 5. The van der Waals surface area contributed by atoms with Gasteiger partial charge in [0.25, 0.3) is 0 Å². The van der Waals surface area contributed by atoms with Crippen LogP contribution in [0.25, 0.3) is 10.4 Å². The number of esters is 1. The minimum Gasteiger partial charge on any atom is -0.469 e. The van der Waals surface area contributed by atoms with Crippen LogP contribution in [0.2, 0.25) is 0 Å². The number of carbonyl (C=O) groups excluding carboxylic acids is 2. The number of amides is 1. The van der Waals surface area contributed by atoms with Crippen LogP contribution in [0.5, 0.6) is 0 Å². The van der Waals surface area contributed by atoms with Crippen molar-refractivity contribution < 1.29 is 19.1 Å². The van der Waals surface area contributed by atoms with Gasteiger partial charge in [-0.25, -0.2) is 4.79 Å². The predicted octanol–water partition coefficient (Wildman–Crippen LogP) is 3.80. The van der Waals surface area contributed by atoms with Gasteiger partial charge in [0, 0.05) is 23.0 Å². The molecule has 0 heterocycles. The first-order chi connectivity index (χ1) is 11.7. The average Bonchev–Trinajstić information content (AvgIpc) is 2.49. The van der Waals surface area contributed by atoms with Crippen molar-refractivity contribution in [2.24, 2.45) is 11.0 Å². The monoisotopic (exact) mass is 352 g/mol. The highest BCUT2D eigenvalue weighted by atomic mass is 16.6. The highest BCUT2D eigenvalue weighted by Crippen LogP contribution is 2.37. The van der Waals surface area contributed by atoms with E-state index in [2.05, 4.69) is 10.0 Å². The number of rotatable bonds is 4. The van der Waals surface area contributed by atoms with Crippen molar-refractivity contribution in [3.63, 3.8) is 0 Å². The summed E-state index contributed by atoms with van der Waals surface area (Å²) in [5, 5.41) is 3.79. The van der Waals surface area contributed by atoms with Crippen molar-refractivity contribution in [3.05, 3.63) is 10.4 Å². The summed E-state index contributed by atoms with van der Waals surface area (Å²) in [5.74, 6) is -0.355. The lowest BCUT2D eigenvalue weighted by Crippen LogP contribution is -2.56. The van der Waals surface area contributed by atoms with Gasteiger partial charge in [-0.05, 0) is 64.8 Å². The lowest BCUT2D eigenvalue weighted by Gasteiger charge is -2.46. The normalized spacial score (nSPS) is 29.0. The third-order valence-electron chi connectivity index (χ3n) is 4.92. The molecule has 0 aromatic heterocycles. The summed E-state index contributed by atoms with van der Waals surface area (Å²) in [6.45, 7) is 5.54. The van der Waals surface area contributed by atoms with Gasteiger partial charge in [-0.3, -0.25) is 4.79 Å². The van der Waals surface area contributed by atoms with Crippen molar-refractivity contribution in [1.82, 2.24) is 4.90 Å². The molecule has 0 unspecified atom stereocenters. The summed E-state index contributed by atoms with van der Waals surface area (Å²) in [5.41, 5.74) is 8.01. The second kappa shape index (κ2) is 7.95. The first-order valence-corrected chi connectivity index (χ1v) is 8.88. The maximum atomic E-state index is 12.8. The third kappa shape index (κ3) is 5.01. The van der Waals surface area contributed by atoms with Crippen LogP contribution in [0.15, 0.2) is 5.11 Å². The second-order valence-electron chi connectivity index (χ2n) is 7.90. The van der Waals surface area contributed by atoms with E-state index in [9.17, 15) is 9.59 Å². The van der Waals surface area contributed by atoms with Gasteiger partial charge in [0.2, 0.25) is 0 Å². The Bertz CT molecular complexity index is 539. The molecular formula is C17H28N4O4. The fourth-order valence-electron chi connectivity index (χ4n) is 3.61. The van der Waals surface area contributed by atoms with E-state index in [4.69, 9.17) is 15.0 Å². The number of methoxy groups -OCH3 is 1. The van der Waals surface area contributed by atoms with Crippen LogP contribution in [0, 0.1) is 5.92 Å². The summed E-state index contributed by atoms with van der Waals surface area (Å²) >= 11 is 0. The van der Waals surface area contributed by atoms with Crippen molar-refractivity contribution in [2.45, 2.75) is 83.0 Å². The molecule has 1 amide bonds. The zero-order chi connectivity index (χ0) is 18.6. The van der Waals surface area contributed by atoms with Crippen LogP contribution < -0.4 is 0 Å². The van der Waals surface area contributed by atoms with E-state index < -0.39 is 5.60 Å². The summed E-state index contributed by atoms with van der Waals surface area (Å²) in [4.78, 5) is 29.1. The van der Waals surface area contributed by atoms with Crippen LogP contribution in [-0.2, 0) is 14.3 Å². The Labute approximate surface area is 148 Å². The van der Waals surface area contributed by atoms with Crippen molar-refractivity contribution in [2.75, 3.05) is 7.11 Å². The number of azide groups is 1. The van der Waals surface area contributed by atoms with Crippen LogP contribution in [0.4, 0.5) is 4.79 Å². The lowest BCUT2D eigenvalue weighted by atomic mass is 9.77. The van der Waals surface area contributed by atoms with Crippen molar-refractivity contribution >= 4 is 12.1 Å². The molecule has 0 aromatic rings. The standard InChI is InChI=1S/C17H28N4O4/c1-17(2,3)25-16(23)21(14-9-11(10-14)15(22)24-4)13-7-5-12(6-8-13)19-20-18/h11-14H,5-10H2,1-4H3. The molecular weight excluding hydrogens is 324 g/mol. The second-order valence-corrected chi connectivity index (χ2v) is 7.90. The topological polar surface area (TPSA) is 105 Å². The Morgan fingerprint density at radius 2 is 1.72 bits per heavy atom. The summed E-state index contributed by atoms with van der Waals surface area (Å²) in [7, 11) is 1.39. The predicted molar refractivity (Wildman–Crippen MR) is 91.8 cm³/mol. The van der Waals surface area contributed by atoms with Crippen molar-refractivity contribution in [3.8, 4) is 0 Å². The van der Waals surface area contributed by atoms with Gasteiger partial charge in [-0.2, -0.15) is 0 Å². The van der Waals surface area contributed by atoms with Gasteiger partial charge >= 0.3 is 12.1 Å². The highest BCUT2D eigenvalue weighted by Gasteiger charge is 2.44. The molecule has 0 spiro atoms. The van der Waals surface area contributed by atoms with Gasteiger partial charge < -0.3 is 14.4 Å². The van der Waals surface area contributed by atoms with Gasteiger partial charge in [0.15, 0.2) is 0 Å². The highest BCUT2D eigenvalue weighted by molar-refractivity contribution is 5.75. The Kier molecular flexibility index (Phi) is 6.16. The maximum Gasteiger partial charge on any atom is 0.410 e. The van der Waals surface area contributed by atoms with Gasteiger partial charge in [0.1, 0.15) is 5.60 Å². The molecule has 2 aliphatic rings. The summed E-state index contributed by atoms with van der Waals surface area (Å²) in [6, 6.07) is 0.0644. The van der Waals surface area contributed by atoms with E-state index in [1.54, 1.807) is 0 Å². The molecule has 0 saturated heterocycles. The molecule has 140 valence electrons. The number of nitrogens with zero attached hydrogens (tertiary/aromatic N) is 4. The molecule has 8 heteroatoms. The molecule has 2 aliphatic carbocycles. The molecule has 2 fully saturated rings. The van der Waals surface area contributed by atoms with Crippen LogP contribution in [0.1, 0.15) is 59.3 Å². The maximum absolute atomic E-state index is 12.8. The number of ether oxygens (including phenoxy) is 2. The quantitative estimate of drug-likeness (QED) is 0.332. The Balaban J connectivity index is 2.04. The van der Waals surface area contributed by atoms with E-state index in [0.717, 1.165) is 25.7 Å². The van der Waals surface area contributed by atoms with E-state index >= 15 is 0 Å². The number of carbonyl (C=O) groups is 2. The molecule has 0 aromatic carbocycles. The van der Waals surface area contributed by atoms with E-state index in [-0.39, 0.29) is 36.1 Å². The van der Waals surface area contributed by atoms with Crippen LogP contribution in [0.3, 0.4) is 0 Å². The zero-order valence-electron chi connectivity index (χ0n) is 15.5.